The first-order valence-corrected chi connectivity index (χ1v) is 7.02. The van der Waals surface area contributed by atoms with E-state index in [0.717, 1.165) is 18.8 Å². The van der Waals surface area contributed by atoms with Crippen molar-refractivity contribution >= 4 is 5.97 Å². The van der Waals surface area contributed by atoms with Crippen LogP contribution in [-0.2, 0) is 4.79 Å². The number of carboxylic acid groups (broad SMARTS) is 1. The summed E-state index contributed by atoms with van der Waals surface area (Å²) >= 11 is 0. The number of aliphatic carboxylic acids is 1. The van der Waals surface area contributed by atoms with Crippen LogP contribution in [0.4, 0.5) is 0 Å². The number of carbonyl (C=O) groups is 1. The molecular formula is C15H20O2. The third-order valence-corrected chi connectivity index (χ3v) is 6.53. The van der Waals surface area contributed by atoms with Gasteiger partial charge in [-0.2, -0.15) is 0 Å². The molecule has 0 aromatic rings. The molecule has 4 aliphatic rings. The second-order valence-electron chi connectivity index (χ2n) is 7.03. The van der Waals surface area contributed by atoms with Crippen molar-refractivity contribution in [2.75, 3.05) is 0 Å². The Bertz CT molecular complexity index is 427. The number of carboxylic acids is 1. The summed E-state index contributed by atoms with van der Waals surface area (Å²) in [6.45, 7) is 2.29. The van der Waals surface area contributed by atoms with Crippen LogP contribution in [0.5, 0.6) is 0 Å². The summed E-state index contributed by atoms with van der Waals surface area (Å²) in [4.78, 5) is 11.9. The molecule has 2 nitrogen and oxygen atoms in total. The minimum Gasteiger partial charge on any atom is -0.481 e. The molecule has 0 aliphatic heterocycles. The first-order chi connectivity index (χ1) is 8.08. The van der Waals surface area contributed by atoms with Crippen LogP contribution in [0.2, 0.25) is 0 Å². The fraction of sp³-hybridized carbons (Fsp3) is 0.800. The van der Waals surface area contributed by atoms with E-state index >= 15 is 0 Å². The summed E-state index contributed by atoms with van der Waals surface area (Å²) in [5, 5.41) is 9.78. The lowest BCUT2D eigenvalue weighted by Crippen LogP contribution is -2.46. The van der Waals surface area contributed by atoms with E-state index in [-0.39, 0.29) is 5.41 Å². The zero-order valence-electron chi connectivity index (χ0n) is 10.4. The zero-order valence-corrected chi connectivity index (χ0v) is 10.4. The van der Waals surface area contributed by atoms with Crippen molar-refractivity contribution in [3.8, 4) is 0 Å². The Labute approximate surface area is 102 Å². The molecule has 6 atom stereocenters. The van der Waals surface area contributed by atoms with Crippen LogP contribution in [0, 0.1) is 34.5 Å². The summed E-state index contributed by atoms with van der Waals surface area (Å²) in [5.74, 6) is 1.81. The molecule has 0 amide bonds. The molecule has 1 N–H and O–H groups in total. The molecule has 92 valence electrons. The molecule has 4 rings (SSSR count). The standard InChI is InChI=1S/C15H20O2/c1-14-5-6-15(13(16)17)11(8-14)10-4-2-3-9(10)7-12(14)15/h5-6,9-12H,2-4,7-8H2,1H3,(H,16,17). The Balaban J connectivity index is 1.86. The normalized spacial score (nSPS) is 58.4. The maximum atomic E-state index is 11.9. The van der Waals surface area contributed by atoms with E-state index in [4.69, 9.17) is 0 Å². The summed E-state index contributed by atoms with van der Waals surface area (Å²) in [7, 11) is 0. The second-order valence-corrected chi connectivity index (χ2v) is 7.03. The molecule has 0 aromatic heterocycles. The largest absolute Gasteiger partial charge is 0.481 e. The quantitative estimate of drug-likeness (QED) is 0.705. The molecule has 3 fully saturated rings. The van der Waals surface area contributed by atoms with Gasteiger partial charge in [-0.1, -0.05) is 31.9 Å². The number of hydrogen-bond donors (Lipinski definition) is 1. The smallest absolute Gasteiger partial charge is 0.314 e. The fourth-order valence-corrected chi connectivity index (χ4v) is 5.88. The van der Waals surface area contributed by atoms with Crippen LogP contribution in [0.15, 0.2) is 12.2 Å². The third kappa shape index (κ3) is 0.937. The lowest BCUT2D eigenvalue weighted by atomic mass is 9.59. The van der Waals surface area contributed by atoms with E-state index in [9.17, 15) is 9.90 Å². The van der Waals surface area contributed by atoms with Crippen molar-refractivity contribution in [2.45, 2.75) is 39.0 Å². The predicted octanol–water partition coefficient (Wildman–Crippen LogP) is 3.09. The van der Waals surface area contributed by atoms with Crippen molar-refractivity contribution in [2.24, 2.45) is 34.5 Å². The fourth-order valence-electron chi connectivity index (χ4n) is 5.88. The number of fused-ring (bicyclic) bond motifs is 2. The highest BCUT2D eigenvalue weighted by atomic mass is 16.4. The van der Waals surface area contributed by atoms with E-state index in [1.54, 1.807) is 0 Å². The Kier molecular flexibility index (Phi) is 1.66. The molecule has 17 heavy (non-hydrogen) atoms. The molecule has 0 radical (unpaired) electrons. The Morgan fingerprint density at radius 1 is 1.35 bits per heavy atom. The third-order valence-electron chi connectivity index (χ3n) is 6.53. The van der Waals surface area contributed by atoms with Gasteiger partial charge in [0.15, 0.2) is 0 Å². The van der Waals surface area contributed by atoms with Gasteiger partial charge in [0.05, 0.1) is 5.41 Å². The maximum absolute atomic E-state index is 11.9. The molecule has 2 heteroatoms. The Morgan fingerprint density at radius 2 is 2.18 bits per heavy atom. The van der Waals surface area contributed by atoms with Gasteiger partial charge in [0.1, 0.15) is 0 Å². The number of rotatable bonds is 1. The van der Waals surface area contributed by atoms with Crippen molar-refractivity contribution in [3.63, 3.8) is 0 Å². The minimum absolute atomic E-state index is 0.188. The first kappa shape index (κ1) is 10.2. The molecule has 3 saturated carbocycles. The van der Waals surface area contributed by atoms with E-state index in [0.29, 0.717) is 17.8 Å². The molecule has 6 unspecified atom stereocenters. The van der Waals surface area contributed by atoms with E-state index < -0.39 is 11.4 Å². The minimum atomic E-state index is -0.546. The molecule has 0 saturated heterocycles. The molecular weight excluding hydrogens is 212 g/mol. The highest BCUT2D eigenvalue weighted by molar-refractivity contribution is 5.80. The molecule has 0 heterocycles. The van der Waals surface area contributed by atoms with Crippen LogP contribution in [0.25, 0.3) is 0 Å². The van der Waals surface area contributed by atoms with Gasteiger partial charge in [0, 0.05) is 0 Å². The summed E-state index contributed by atoms with van der Waals surface area (Å²) in [6.07, 6.45) is 10.5. The lowest BCUT2D eigenvalue weighted by Gasteiger charge is -2.44. The van der Waals surface area contributed by atoms with Crippen LogP contribution in [0.1, 0.15) is 39.0 Å². The van der Waals surface area contributed by atoms with Crippen molar-refractivity contribution in [3.05, 3.63) is 12.2 Å². The average molecular weight is 232 g/mol. The van der Waals surface area contributed by atoms with Gasteiger partial charge >= 0.3 is 5.97 Å². The van der Waals surface area contributed by atoms with Crippen LogP contribution >= 0.6 is 0 Å². The van der Waals surface area contributed by atoms with E-state index in [1.165, 1.54) is 19.3 Å². The summed E-state index contributed by atoms with van der Waals surface area (Å²) < 4.78 is 0. The highest BCUT2D eigenvalue weighted by Gasteiger charge is 2.70. The lowest BCUT2D eigenvalue weighted by molar-refractivity contribution is -0.155. The maximum Gasteiger partial charge on any atom is 0.314 e. The van der Waals surface area contributed by atoms with Crippen molar-refractivity contribution in [1.29, 1.82) is 0 Å². The van der Waals surface area contributed by atoms with Crippen LogP contribution < -0.4 is 0 Å². The van der Waals surface area contributed by atoms with Gasteiger partial charge in [0.2, 0.25) is 0 Å². The topological polar surface area (TPSA) is 37.3 Å². The SMILES string of the molecule is CC12C=CC3(C(=O)O)C(C1)C1CCCC1CC23. The average Bonchev–Trinajstić information content (AvgIpc) is 2.89. The van der Waals surface area contributed by atoms with Crippen molar-refractivity contribution in [1.82, 2.24) is 0 Å². The van der Waals surface area contributed by atoms with Gasteiger partial charge in [-0.05, 0) is 48.3 Å². The van der Waals surface area contributed by atoms with Gasteiger partial charge in [-0.25, -0.2) is 0 Å². The van der Waals surface area contributed by atoms with Gasteiger partial charge < -0.3 is 5.11 Å². The van der Waals surface area contributed by atoms with Gasteiger partial charge in [-0.15, -0.1) is 0 Å². The Morgan fingerprint density at radius 3 is 2.94 bits per heavy atom. The number of allylic oxidation sites excluding steroid dienone is 1. The van der Waals surface area contributed by atoms with E-state index in [1.807, 2.05) is 0 Å². The Hall–Kier alpha value is -0.790. The number of hydrogen-bond acceptors (Lipinski definition) is 1. The zero-order chi connectivity index (χ0) is 11.8. The molecule has 0 spiro atoms. The van der Waals surface area contributed by atoms with Crippen LogP contribution in [-0.4, -0.2) is 11.1 Å². The molecule has 0 aromatic carbocycles. The highest BCUT2D eigenvalue weighted by Crippen LogP contribution is 2.73. The second kappa shape index (κ2) is 2.78. The van der Waals surface area contributed by atoms with Gasteiger partial charge in [0.25, 0.3) is 0 Å². The molecule has 4 bridgehead atoms. The van der Waals surface area contributed by atoms with Gasteiger partial charge in [-0.3, -0.25) is 4.79 Å². The van der Waals surface area contributed by atoms with Crippen LogP contribution in [0.3, 0.4) is 0 Å². The van der Waals surface area contributed by atoms with E-state index in [2.05, 4.69) is 19.1 Å². The predicted molar refractivity (Wildman–Crippen MR) is 64.4 cm³/mol. The molecule has 4 aliphatic carbocycles. The van der Waals surface area contributed by atoms with Crippen molar-refractivity contribution < 1.29 is 9.90 Å². The monoisotopic (exact) mass is 232 g/mol. The first-order valence-electron chi connectivity index (χ1n) is 7.02. The summed E-state index contributed by atoms with van der Waals surface area (Å²) in [6, 6.07) is 0. The summed E-state index contributed by atoms with van der Waals surface area (Å²) in [5.41, 5.74) is -0.298.